The number of carbonyl (C=O) groups excluding carboxylic acids is 4. The number of amides is 4. The summed E-state index contributed by atoms with van der Waals surface area (Å²) in [6.07, 6.45) is 2.85. The maximum Gasteiger partial charge on any atom is 0.250 e. The SMILES string of the molecule is CCCCc1ccc(N2C(=O)[C@H]3[C@@H](C2=O)[C@@]2(N[C@@H]3CC(N)=O)C(=O)Nc3c2ccc(Cl)c3C)cc1. The molecule has 0 saturated carbocycles. The van der Waals surface area contributed by atoms with Crippen molar-refractivity contribution in [1.29, 1.82) is 0 Å². The zero-order valence-corrected chi connectivity index (χ0v) is 20.3. The van der Waals surface area contributed by atoms with Gasteiger partial charge in [0, 0.05) is 23.0 Å². The first-order valence-corrected chi connectivity index (χ1v) is 12.2. The van der Waals surface area contributed by atoms with E-state index < -0.39 is 47.0 Å². The molecule has 0 radical (unpaired) electrons. The summed E-state index contributed by atoms with van der Waals surface area (Å²) in [6, 6.07) is 9.95. The number of unbranched alkanes of at least 4 members (excludes halogenated alkanes) is 1. The summed E-state index contributed by atoms with van der Waals surface area (Å²) in [6.45, 7) is 3.90. The quantitative estimate of drug-likeness (QED) is 0.533. The number of hydrogen-bond donors (Lipinski definition) is 3. The second-order valence-corrected chi connectivity index (χ2v) is 9.97. The molecular weight excluding hydrogens is 468 g/mol. The number of anilines is 2. The van der Waals surface area contributed by atoms with Gasteiger partial charge in [-0.3, -0.25) is 24.5 Å². The van der Waals surface area contributed by atoms with Gasteiger partial charge in [0.2, 0.25) is 23.6 Å². The fourth-order valence-electron chi connectivity index (χ4n) is 5.83. The van der Waals surface area contributed by atoms with Crippen LogP contribution in [0.1, 0.15) is 42.9 Å². The van der Waals surface area contributed by atoms with Crippen molar-refractivity contribution in [2.24, 2.45) is 17.6 Å². The van der Waals surface area contributed by atoms with Crippen molar-refractivity contribution in [3.8, 4) is 0 Å². The molecule has 3 heterocycles. The van der Waals surface area contributed by atoms with Crippen LogP contribution in [0, 0.1) is 18.8 Å². The van der Waals surface area contributed by atoms with E-state index in [2.05, 4.69) is 17.6 Å². The minimum Gasteiger partial charge on any atom is -0.370 e. The standard InChI is InChI=1S/C26H27ClN4O4/c1-3-4-5-14-6-8-15(9-7-14)31-23(33)20-18(12-19(28)32)30-26(21(20)24(31)34)16-10-11-17(27)13(2)22(16)29-25(26)35/h6-11,18,20-21,30H,3-5,12H2,1-2H3,(H2,28,32)(H,29,35)/t18-,20-,21+,26-/m1/s1. The third-order valence-electron chi connectivity index (χ3n) is 7.52. The maximum absolute atomic E-state index is 13.9. The monoisotopic (exact) mass is 494 g/mol. The number of primary amides is 1. The minimum atomic E-state index is -1.50. The van der Waals surface area contributed by atoms with Crippen LogP contribution in [0.4, 0.5) is 11.4 Å². The highest BCUT2D eigenvalue weighted by atomic mass is 35.5. The first kappa shape index (κ1) is 23.5. The van der Waals surface area contributed by atoms with Gasteiger partial charge in [-0.25, -0.2) is 4.90 Å². The molecule has 2 aromatic rings. The van der Waals surface area contributed by atoms with Gasteiger partial charge in [-0.05, 0) is 49.1 Å². The first-order valence-electron chi connectivity index (χ1n) is 11.8. The molecule has 3 aliphatic heterocycles. The van der Waals surface area contributed by atoms with Crippen LogP contribution in [0.25, 0.3) is 0 Å². The molecular formula is C26H27ClN4O4. The number of nitrogens with zero attached hydrogens (tertiary/aromatic N) is 1. The van der Waals surface area contributed by atoms with Crippen LogP contribution in [0.15, 0.2) is 36.4 Å². The molecule has 0 aromatic heterocycles. The summed E-state index contributed by atoms with van der Waals surface area (Å²) in [5.41, 5.74) is 7.30. The van der Waals surface area contributed by atoms with E-state index in [4.69, 9.17) is 17.3 Å². The molecule has 0 aliphatic carbocycles. The molecule has 2 aromatic carbocycles. The number of aryl methyl sites for hydroxylation is 1. The molecule has 0 bridgehead atoms. The number of halogens is 1. The second-order valence-electron chi connectivity index (χ2n) is 9.56. The number of benzene rings is 2. The molecule has 4 amide bonds. The van der Waals surface area contributed by atoms with Gasteiger partial charge in [0.05, 0.1) is 23.2 Å². The largest absolute Gasteiger partial charge is 0.370 e. The van der Waals surface area contributed by atoms with Crippen molar-refractivity contribution in [2.75, 3.05) is 10.2 Å². The van der Waals surface area contributed by atoms with Gasteiger partial charge in [0.25, 0.3) is 0 Å². The first-order chi connectivity index (χ1) is 16.7. The van der Waals surface area contributed by atoms with Crippen LogP contribution in [0.2, 0.25) is 5.02 Å². The second kappa shape index (κ2) is 8.46. The number of fused-ring (bicyclic) bond motifs is 4. The van der Waals surface area contributed by atoms with E-state index in [0.717, 1.165) is 29.7 Å². The lowest BCUT2D eigenvalue weighted by Crippen LogP contribution is -2.53. The average Bonchev–Trinajstić information content (AvgIpc) is 3.40. The Morgan fingerprint density at radius 3 is 2.49 bits per heavy atom. The van der Waals surface area contributed by atoms with Gasteiger partial charge < -0.3 is 11.1 Å². The summed E-state index contributed by atoms with van der Waals surface area (Å²) in [7, 11) is 0. The van der Waals surface area contributed by atoms with Crippen LogP contribution in [0.5, 0.6) is 0 Å². The van der Waals surface area contributed by atoms with E-state index in [1.165, 1.54) is 0 Å². The number of imide groups is 1. The Hall–Kier alpha value is -3.23. The molecule has 8 nitrogen and oxygen atoms in total. The summed E-state index contributed by atoms with van der Waals surface area (Å²) in [5, 5.41) is 6.53. The van der Waals surface area contributed by atoms with Gasteiger partial charge in [0.1, 0.15) is 5.54 Å². The molecule has 9 heteroatoms. The molecule has 182 valence electrons. The van der Waals surface area contributed by atoms with E-state index in [9.17, 15) is 19.2 Å². The van der Waals surface area contributed by atoms with Gasteiger partial charge in [-0.2, -0.15) is 0 Å². The van der Waals surface area contributed by atoms with Crippen molar-refractivity contribution in [3.05, 3.63) is 58.1 Å². The van der Waals surface area contributed by atoms with Gasteiger partial charge in [-0.15, -0.1) is 0 Å². The number of nitrogens with two attached hydrogens (primary N) is 1. The highest BCUT2D eigenvalue weighted by molar-refractivity contribution is 6.32. The smallest absolute Gasteiger partial charge is 0.250 e. The number of hydrogen-bond acceptors (Lipinski definition) is 5. The van der Waals surface area contributed by atoms with E-state index in [1.54, 1.807) is 31.2 Å². The highest BCUT2D eigenvalue weighted by Gasteiger charge is 2.70. The lowest BCUT2D eigenvalue weighted by molar-refractivity contribution is -0.130. The number of rotatable bonds is 6. The Morgan fingerprint density at radius 1 is 1.11 bits per heavy atom. The van der Waals surface area contributed by atoms with E-state index in [1.807, 2.05) is 12.1 Å². The van der Waals surface area contributed by atoms with Crippen LogP contribution < -0.4 is 21.3 Å². The van der Waals surface area contributed by atoms with Crippen molar-refractivity contribution < 1.29 is 19.2 Å². The van der Waals surface area contributed by atoms with Crippen molar-refractivity contribution in [3.63, 3.8) is 0 Å². The van der Waals surface area contributed by atoms with Gasteiger partial charge in [0.15, 0.2) is 0 Å². The molecule has 1 spiro atoms. The fourth-order valence-corrected chi connectivity index (χ4v) is 5.99. The highest BCUT2D eigenvalue weighted by Crippen LogP contribution is 2.55. The van der Waals surface area contributed by atoms with Crippen molar-refractivity contribution in [1.82, 2.24) is 5.32 Å². The maximum atomic E-state index is 13.9. The molecule has 0 unspecified atom stereocenters. The normalized spacial score (nSPS) is 26.9. The Kier molecular flexibility index (Phi) is 5.68. The van der Waals surface area contributed by atoms with Crippen LogP contribution in [0.3, 0.4) is 0 Å². The fraction of sp³-hybridized carbons (Fsp3) is 0.385. The molecule has 4 atom stereocenters. The summed E-state index contributed by atoms with van der Waals surface area (Å²) >= 11 is 6.28. The molecule has 2 saturated heterocycles. The van der Waals surface area contributed by atoms with E-state index >= 15 is 0 Å². The number of carbonyl (C=O) groups is 4. The van der Waals surface area contributed by atoms with E-state index in [-0.39, 0.29) is 6.42 Å². The summed E-state index contributed by atoms with van der Waals surface area (Å²) < 4.78 is 0. The molecule has 3 aliphatic rings. The topological polar surface area (TPSA) is 122 Å². The average molecular weight is 495 g/mol. The van der Waals surface area contributed by atoms with Gasteiger partial charge in [-0.1, -0.05) is 43.1 Å². The minimum absolute atomic E-state index is 0.180. The zero-order valence-electron chi connectivity index (χ0n) is 19.6. The third-order valence-corrected chi connectivity index (χ3v) is 7.93. The Labute approximate surface area is 208 Å². The van der Waals surface area contributed by atoms with Gasteiger partial charge >= 0.3 is 0 Å². The van der Waals surface area contributed by atoms with Crippen molar-refractivity contribution >= 4 is 46.6 Å². The predicted molar refractivity (Wildman–Crippen MR) is 132 cm³/mol. The Balaban J connectivity index is 1.60. The van der Waals surface area contributed by atoms with E-state index in [0.29, 0.717) is 27.5 Å². The van der Waals surface area contributed by atoms with Crippen LogP contribution in [-0.2, 0) is 31.1 Å². The summed E-state index contributed by atoms with van der Waals surface area (Å²) in [4.78, 5) is 54.1. The predicted octanol–water partition coefficient (Wildman–Crippen LogP) is 2.79. The molecule has 4 N–H and O–H groups in total. The summed E-state index contributed by atoms with van der Waals surface area (Å²) in [5.74, 6) is -3.93. The Morgan fingerprint density at radius 2 is 1.83 bits per heavy atom. The Bertz CT molecular complexity index is 1260. The van der Waals surface area contributed by atoms with Crippen molar-refractivity contribution in [2.45, 2.75) is 51.1 Å². The number of nitrogens with one attached hydrogen (secondary N) is 2. The molecule has 2 fully saturated rings. The molecule has 5 rings (SSSR count). The molecule has 35 heavy (non-hydrogen) atoms. The zero-order chi connectivity index (χ0) is 25.1. The lowest BCUT2D eigenvalue weighted by atomic mass is 9.76. The third kappa shape index (κ3) is 3.38. The lowest BCUT2D eigenvalue weighted by Gasteiger charge is -2.29. The van der Waals surface area contributed by atoms with Crippen LogP contribution >= 0.6 is 11.6 Å². The van der Waals surface area contributed by atoms with Crippen LogP contribution in [-0.4, -0.2) is 29.7 Å².